The number of benzene rings is 2. The highest BCUT2D eigenvalue weighted by atomic mass is 19.1. The van der Waals surface area contributed by atoms with Crippen LogP contribution < -0.4 is 0 Å². The van der Waals surface area contributed by atoms with Crippen molar-refractivity contribution in [2.45, 2.75) is 18.9 Å². The molecule has 10 heteroatoms. The molecule has 38 heavy (non-hydrogen) atoms. The molecule has 2 fully saturated rings. The molecule has 0 aliphatic carbocycles. The largest absolute Gasteiger partial charge is 0.465 e. The van der Waals surface area contributed by atoms with Gasteiger partial charge in [0, 0.05) is 37.8 Å². The van der Waals surface area contributed by atoms with Crippen molar-refractivity contribution in [3.8, 4) is 0 Å². The molecule has 0 N–H and O–H groups in total. The fourth-order valence-electron chi connectivity index (χ4n) is 4.69. The Morgan fingerprint density at radius 2 is 1.74 bits per heavy atom. The first-order valence-corrected chi connectivity index (χ1v) is 12.5. The Morgan fingerprint density at radius 3 is 2.42 bits per heavy atom. The normalized spacial score (nSPS) is 19.9. The van der Waals surface area contributed by atoms with Gasteiger partial charge >= 0.3 is 11.9 Å². The number of esters is 2. The molecule has 0 radical (unpaired) electrons. The number of rotatable bonds is 10. The van der Waals surface area contributed by atoms with Gasteiger partial charge in [-0.05, 0) is 18.1 Å². The number of methoxy groups -OCH3 is 1. The van der Waals surface area contributed by atoms with Gasteiger partial charge in [-0.3, -0.25) is 9.69 Å². The van der Waals surface area contributed by atoms with Crippen LogP contribution in [0.4, 0.5) is 4.39 Å². The Labute approximate surface area is 220 Å². The zero-order valence-electron chi connectivity index (χ0n) is 21.2. The predicted octanol–water partition coefficient (Wildman–Crippen LogP) is 2.57. The van der Waals surface area contributed by atoms with Crippen molar-refractivity contribution >= 4 is 23.8 Å². The first-order valence-electron chi connectivity index (χ1n) is 12.5. The second-order valence-corrected chi connectivity index (χ2v) is 8.87. The van der Waals surface area contributed by atoms with Crippen molar-refractivity contribution < 1.29 is 37.7 Å². The van der Waals surface area contributed by atoms with E-state index in [9.17, 15) is 18.8 Å². The number of morpholine rings is 1. The summed E-state index contributed by atoms with van der Waals surface area (Å²) in [6.45, 7) is 4.65. The van der Waals surface area contributed by atoms with Crippen LogP contribution in [0.5, 0.6) is 0 Å². The summed E-state index contributed by atoms with van der Waals surface area (Å²) in [4.78, 5) is 41.8. The topological polar surface area (TPSA) is 94.6 Å². The average Bonchev–Trinajstić information content (AvgIpc) is 3.40. The summed E-state index contributed by atoms with van der Waals surface area (Å²) in [5.41, 5.74) is -0.383. The summed E-state index contributed by atoms with van der Waals surface area (Å²) in [5, 5.41) is 0. The molecule has 2 unspecified atom stereocenters. The minimum atomic E-state index is -1.11. The highest BCUT2D eigenvalue weighted by Crippen LogP contribution is 2.32. The van der Waals surface area contributed by atoms with Crippen molar-refractivity contribution in [2.75, 3.05) is 53.1 Å². The smallest absolute Gasteiger partial charge is 0.343 e. The SMILES string of the molecule is COC(=O)/C(C=O)=C(/C(=O)OC1OCCN1C(CCN1CCOCC1)c1ccccc1)c1ccccc1F. The molecular weight excluding hydrogens is 495 g/mol. The van der Waals surface area contributed by atoms with Gasteiger partial charge in [-0.25, -0.2) is 18.9 Å². The fourth-order valence-corrected chi connectivity index (χ4v) is 4.69. The highest BCUT2D eigenvalue weighted by Gasteiger charge is 2.37. The average molecular weight is 527 g/mol. The highest BCUT2D eigenvalue weighted by molar-refractivity contribution is 6.29. The molecule has 0 aromatic heterocycles. The van der Waals surface area contributed by atoms with Gasteiger partial charge in [0.05, 0.1) is 32.5 Å². The van der Waals surface area contributed by atoms with E-state index < -0.39 is 35.3 Å². The van der Waals surface area contributed by atoms with E-state index in [2.05, 4.69) is 9.64 Å². The number of nitrogens with zero attached hydrogens (tertiary/aromatic N) is 2. The number of aldehydes is 1. The maximum absolute atomic E-state index is 14.7. The molecule has 2 aromatic carbocycles. The van der Waals surface area contributed by atoms with Crippen molar-refractivity contribution in [3.63, 3.8) is 0 Å². The number of halogens is 1. The quantitative estimate of drug-likeness (QED) is 0.152. The van der Waals surface area contributed by atoms with Crippen molar-refractivity contribution in [2.24, 2.45) is 0 Å². The maximum Gasteiger partial charge on any atom is 0.343 e. The molecule has 0 spiro atoms. The zero-order chi connectivity index (χ0) is 26.9. The number of hydrogen-bond donors (Lipinski definition) is 0. The van der Waals surface area contributed by atoms with E-state index in [1.54, 1.807) is 0 Å². The van der Waals surface area contributed by atoms with Gasteiger partial charge in [0.15, 0.2) is 6.29 Å². The summed E-state index contributed by atoms with van der Waals surface area (Å²) in [6, 6.07) is 15.0. The van der Waals surface area contributed by atoms with Gasteiger partial charge in [0.2, 0.25) is 0 Å². The van der Waals surface area contributed by atoms with E-state index in [1.165, 1.54) is 18.2 Å². The first-order chi connectivity index (χ1) is 18.5. The minimum Gasteiger partial charge on any atom is -0.465 e. The summed E-state index contributed by atoms with van der Waals surface area (Å²) < 4.78 is 36.3. The molecule has 4 rings (SSSR count). The Balaban J connectivity index is 1.61. The summed E-state index contributed by atoms with van der Waals surface area (Å²) >= 11 is 0. The molecule has 2 saturated heterocycles. The van der Waals surface area contributed by atoms with Crippen molar-refractivity contribution in [1.82, 2.24) is 9.80 Å². The van der Waals surface area contributed by atoms with E-state index in [-0.39, 0.29) is 17.9 Å². The van der Waals surface area contributed by atoms with E-state index in [1.807, 2.05) is 35.2 Å². The molecule has 2 aromatic rings. The second kappa shape index (κ2) is 13.4. The number of ether oxygens (including phenoxy) is 4. The van der Waals surface area contributed by atoms with Crippen LogP contribution in [0, 0.1) is 5.82 Å². The van der Waals surface area contributed by atoms with E-state index in [0.29, 0.717) is 26.4 Å². The molecule has 9 nitrogen and oxygen atoms in total. The summed E-state index contributed by atoms with van der Waals surface area (Å²) in [6.07, 6.45) is -0.208. The second-order valence-electron chi connectivity index (χ2n) is 8.87. The van der Waals surface area contributed by atoms with E-state index in [0.717, 1.165) is 44.8 Å². The lowest BCUT2D eigenvalue weighted by Crippen LogP contribution is -2.41. The van der Waals surface area contributed by atoms with Gasteiger partial charge in [0.1, 0.15) is 11.4 Å². The van der Waals surface area contributed by atoms with Crippen LogP contribution in [-0.2, 0) is 33.3 Å². The number of carbonyl (C=O) groups excluding carboxylic acids is 3. The number of hydrogen-bond acceptors (Lipinski definition) is 9. The maximum atomic E-state index is 14.7. The van der Waals surface area contributed by atoms with Gasteiger partial charge in [-0.15, -0.1) is 0 Å². The van der Waals surface area contributed by atoms with Crippen LogP contribution in [-0.4, -0.2) is 87.5 Å². The standard InChI is InChI=1S/C28H31FN2O7/c1-35-26(33)22(19-32)25(21-9-5-6-10-23(21)29)27(34)38-28-31(15-18-37-28)24(20-7-3-2-4-8-20)11-12-30-13-16-36-17-14-30/h2-10,19,24,28H,11-18H2,1H3/b25-22+. The molecule has 202 valence electrons. The van der Waals surface area contributed by atoms with Gasteiger partial charge in [-0.1, -0.05) is 48.5 Å². The summed E-state index contributed by atoms with van der Waals surface area (Å²) in [5.74, 6) is -2.94. The van der Waals surface area contributed by atoms with E-state index >= 15 is 0 Å². The van der Waals surface area contributed by atoms with E-state index in [4.69, 9.17) is 14.2 Å². The molecule has 0 bridgehead atoms. The van der Waals surface area contributed by atoms with Crippen LogP contribution in [0.15, 0.2) is 60.2 Å². The van der Waals surface area contributed by atoms with Crippen LogP contribution in [0.25, 0.3) is 5.57 Å². The lowest BCUT2D eigenvalue weighted by Gasteiger charge is -2.34. The molecule has 2 heterocycles. The number of carbonyl (C=O) groups is 3. The fraction of sp³-hybridized carbons (Fsp3) is 0.393. The third-order valence-corrected chi connectivity index (χ3v) is 6.64. The van der Waals surface area contributed by atoms with Gasteiger partial charge in [-0.2, -0.15) is 0 Å². The molecule has 2 atom stereocenters. The molecule has 2 aliphatic rings. The Kier molecular flexibility index (Phi) is 9.72. The predicted molar refractivity (Wildman–Crippen MR) is 135 cm³/mol. The van der Waals surface area contributed by atoms with Gasteiger partial charge in [0.25, 0.3) is 6.41 Å². The molecule has 2 aliphatic heterocycles. The Hall–Kier alpha value is -3.44. The van der Waals surface area contributed by atoms with Crippen LogP contribution in [0.2, 0.25) is 0 Å². The van der Waals surface area contributed by atoms with Gasteiger partial charge < -0.3 is 18.9 Å². The third-order valence-electron chi connectivity index (χ3n) is 6.64. The lowest BCUT2D eigenvalue weighted by atomic mass is 10.00. The Morgan fingerprint density at radius 1 is 1.03 bits per heavy atom. The summed E-state index contributed by atoms with van der Waals surface area (Å²) in [7, 11) is 1.07. The lowest BCUT2D eigenvalue weighted by molar-refractivity contribution is -0.193. The van der Waals surface area contributed by atoms with Crippen LogP contribution in [0.1, 0.15) is 23.6 Å². The third kappa shape index (κ3) is 6.51. The van der Waals surface area contributed by atoms with Crippen LogP contribution >= 0.6 is 0 Å². The Bertz CT molecular complexity index is 1150. The first kappa shape index (κ1) is 27.6. The van der Waals surface area contributed by atoms with Crippen molar-refractivity contribution in [1.29, 1.82) is 0 Å². The minimum absolute atomic E-state index is 0.147. The van der Waals surface area contributed by atoms with Crippen LogP contribution in [0.3, 0.4) is 0 Å². The zero-order valence-corrected chi connectivity index (χ0v) is 21.2. The molecular formula is C28H31FN2O7. The molecule has 0 amide bonds. The van der Waals surface area contributed by atoms with Crippen molar-refractivity contribution in [3.05, 3.63) is 77.1 Å². The molecule has 0 saturated carbocycles. The monoisotopic (exact) mass is 526 g/mol.